The van der Waals surface area contributed by atoms with Gasteiger partial charge in [-0.05, 0) is 24.4 Å². The lowest BCUT2D eigenvalue weighted by Crippen LogP contribution is -2.02. The summed E-state index contributed by atoms with van der Waals surface area (Å²) in [6.45, 7) is 2.58. The Morgan fingerprint density at radius 2 is 2.29 bits per heavy atom. The number of hydrogen-bond donors (Lipinski definition) is 1. The second-order valence-electron chi connectivity index (χ2n) is 4.85. The van der Waals surface area contributed by atoms with E-state index in [0.29, 0.717) is 24.7 Å². The van der Waals surface area contributed by atoms with Gasteiger partial charge in [-0.15, -0.1) is 11.3 Å². The van der Waals surface area contributed by atoms with Crippen LogP contribution in [0.3, 0.4) is 0 Å². The molecule has 0 aliphatic heterocycles. The molecule has 3 rings (SSSR count). The maximum atomic E-state index is 11.0. The molecule has 0 fully saturated rings. The van der Waals surface area contributed by atoms with E-state index in [1.807, 2.05) is 17.5 Å². The fraction of sp³-hybridized carbons (Fsp3) is 0.188. The summed E-state index contributed by atoms with van der Waals surface area (Å²) >= 11 is 1.56. The van der Waals surface area contributed by atoms with Gasteiger partial charge in [0.05, 0.1) is 28.6 Å². The van der Waals surface area contributed by atoms with Crippen LogP contribution in [-0.2, 0) is 6.54 Å². The Morgan fingerprint density at radius 3 is 3.00 bits per heavy atom. The van der Waals surface area contributed by atoms with E-state index in [0.717, 1.165) is 10.6 Å². The standard InChI is InChI=1S/C16H15N3O4S/c1-2-22-14-8-11(5-6-13(14)19(20)21)17-9-12-10-23-16(18-12)15-4-3-7-24-15/h3-8,10,17H,2,9H2,1H3. The number of nitro groups is 1. The number of thiophene rings is 1. The van der Waals surface area contributed by atoms with Crippen LogP contribution in [0.5, 0.6) is 5.75 Å². The van der Waals surface area contributed by atoms with E-state index in [1.54, 1.807) is 36.7 Å². The highest BCUT2D eigenvalue weighted by Crippen LogP contribution is 2.30. The minimum absolute atomic E-state index is 0.0520. The number of benzene rings is 1. The fourth-order valence-electron chi connectivity index (χ4n) is 2.14. The molecule has 0 unspecified atom stereocenters. The molecule has 3 aromatic rings. The molecule has 24 heavy (non-hydrogen) atoms. The van der Waals surface area contributed by atoms with Gasteiger partial charge in [0, 0.05) is 17.8 Å². The molecule has 0 radical (unpaired) electrons. The number of anilines is 1. The first-order valence-corrected chi connectivity index (χ1v) is 8.18. The molecule has 0 amide bonds. The van der Waals surface area contributed by atoms with E-state index in [4.69, 9.17) is 9.15 Å². The molecule has 8 heteroatoms. The van der Waals surface area contributed by atoms with Crippen LogP contribution in [0.25, 0.3) is 10.8 Å². The van der Waals surface area contributed by atoms with Crippen molar-refractivity contribution in [1.82, 2.24) is 4.98 Å². The van der Waals surface area contributed by atoms with Crippen molar-refractivity contribution in [3.05, 3.63) is 57.8 Å². The lowest BCUT2D eigenvalue weighted by molar-refractivity contribution is -0.385. The van der Waals surface area contributed by atoms with Crippen molar-refractivity contribution in [3.63, 3.8) is 0 Å². The van der Waals surface area contributed by atoms with Crippen LogP contribution in [0.15, 0.2) is 46.4 Å². The van der Waals surface area contributed by atoms with Crippen molar-refractivity contribution in [3.8, 4) is 16.5 Å². The Labute approximate surface area is 142 Å². The van der Waals surface area contributed by atoms with Gasteiger partial charge in [-0.1, -0.05) is 6.07 Å². The number of nitro benzene ring substituents is 1. The molecular formula is C16H15N3O4S. The summed E-state index contributed by atoms with van der Waals surface area (Å²) in [7, 11) is 0. The van der Waals surface area contributed by atoms with Crippen LogP contribution < -0.4 is 10.1 Å². The molecule has 2 aromatic heterocycles. The van der Waals surface area contributed by atoms with Crippen molar-refractivity contribution in [2.24, 2.45) is 0 Å². The van der Waals surface area contributed by atoms with Gasteiger partial charge in [0.15, 0.2) is 5.75 Å². The summed E-state index contributed by atoms with van der Waals surface area (Å²) in [5.74, 6) is 0.826. The Balaban J connectivity index is 1.70. The minimum Gasteiger partial charge on any atom is -0.487 e. The highest BCUT2D eigenvalue weighted by molar-refractivity contribution is 7.13. The van der Waals surface area contributed by atoms with Crippen LogP contribution in [0.4, 0.5) is 11.4 Å². The molecule has 0 saturated heterocycles. The van der Waals surface area contributed by atoms with Crippen LogP contribution in [0, 0.1) is 10.1 Å². The van der Waals surface area contributed by atoms with E-state index in [-0.39, 0.29) is 11.4 Å². The number of rotatable bonds is 7. The second-order valence-corrected chi connectivity index (χ2v) is 5.80. The largest absolute Gasteiger partial charge is 0.487 e. The topological polar surface area (TPSA) is 90.4 Å². The summed E-state index contributed by atoms with van der Waals surface area (Å²) in [6.07, 6.45) is 1.59. The molecule has 0 aliphatic rings. The van der Waals surface area contributed by atoms with Crippen molar-refractivity contribution in [2.45, 2.75) is 13.5 Å². The first-order chi connectivity index (χ1) is 11.7. The van der Waals surface area contributed by atoms with Gasteiger partial charge in [-0.3, -0.25) is 10.1 Å². The molecule has 2 heterocycles. The first kappa shape index (κ1) is 16.0. The Hall–Kier alpha value is -2.87. The Bertz CT molecular complexity index is 830. The van der Waals surface area contributed by atoms with Gasteiger partial charge in [0.1, 0.15) is 6.26 Å². The van der Waals surface area contributed by atoms with Crippen molar-refractivity contribution >= 4 is 22.7 Å². The summed E-state index contributed by atoms with van der Waals surface area (Å²) in [5, 5.41) is 16.1. The lowest BCUT2D eigenvalue weighted by Gasteiger charge is -2.08. The van der Waals surface area contributed by atoms with Crippen molar-refractivity contribution < 1.29 is 14.1 Å². The van der Waals surface area contributed by atoms with Crippen LogP contribution in [0.2, 0.25) is 0 Å². The van der Waals surface area contributed by atoms with Gasteiger partial charge < -0.3 is 14.5 Å². The van der Waals surface area contributed by atoms with E-state index in [2.05, 4.69) is 10.3 Å². The zero-order valence-corrected chi connectivity index (χ0v) is 13.7. The maximum Gasteiger partial charge on any atom is 0.311 e. The van der Waals surface area contributed by atoms with E-state index >= 15 is 0 Å². The van der Waals surface area contributed by atoms with E-state index in [1.165, 1.54) is 6.07 Å². The van der Waals surface area contributed by atoms with Crippen LogP contribution in [0.1, 0.15) is 12.6 Å². The van der Waals surface area contributed by atoms with Gasteiger partial charge in [0.2, 0.25) is 5.89 Å². The highest BCUT2D eigenvalue weighted by atomic mass is 32.1. The number of ether oxygens (including phenoxy) is 1. The molecule has 1 N–H and O–H groups in total. The summed E-state index contributed by atoms with van der Waals surface area (Å²) in [5.41, 5.74) is 1.41. The molecule has 0 saturated carbocycles. The number of nitrogens with zero attached hydrogens (tertiary/aromatic N) is 2. The first-order valence-electron chi connectivity index (χ1n) is 7.30. The zero-order chi connectivity index (χ0) is 16.9. The molecule has 124 valence electrons. The molecule has 0 atom stereocenters. The molecule has 1 aromatic carbocycles. The molecule has 0 aliphatic carbocycles. The predicted octanol–water partition coefficient (Wildman–Crippen LogP) is 4.32. The average molecular weight is 345 g/mol. The Morgan fingerprint density at radius 1 is 1.42 bits per heavy atom. The average Bonchev–Trinajstić information content (AvgIpc) is 3.24. The van der Waals surface area contributed by atoms with E-state index < -0.39 is 4.92 Å². The Kier molecular flexibility index (Phi) is 4.76. The number of nitrogens with one attached hydrogen (secondary N) is 1. The normalized spacial score (nSPS) is 10.5. The predicted molar refractivity (Wildman–Crippen MR) is 91.4 cm³/mol. The zero-order valence-electron chi connectivity index (χ0n) is 12.9. The molecule has 0 bridgehead atoms. The van der Waals surface area contributed by atoms with E-state index in [9.17, 15) is 10.1 Å². The summed E-state index contributed by atoms with van der Waals surface area (Å²) in [4.78, 5) is 15.9. The quantitative estimate of drug-likeness (QED) is 0.506. The lowest BCUT2D eigenvalue weighted by atomic mass is 10.2. The molecule has 0 spiro atoms. The van der Waals surface area contributed by atoms with Crippen molar-refractivity contribution in [1.29, 1.82) is 0 Å². The van der Waals surface area contributed by atoms with Gasteiger partial charge in [-0.2, -0.15) is 0 Å². The smallest absolute Gasteiger partial charge is 0.311 e. The maximum absolute atomic E-state index is 11.0. The SMILES string of the molecule is CCOc1cc(NCc2coc(-c3cccs3)n2)ccc1[N+](=O)[O-]. The minimum atomic E-state index is -0.459. The fourth-order valence-corrected chi connectivity index (χ4v) is 2.80. The van der Waals surface area contributed by atoms with Crippen LogP contribution in [-0.4, -0.2) is 16.5 Å². The van der Waals surface area contributed by atoms with Crippen LogP contribution >= 0.6 is 11.3 Å². The molecule has 7 nitrogen and oxygen atoms in total. The van der Waals surface area contributed by atoms with Gasteiger partial charge in [0.25, 0.3) is 0 Å². The van der Waals surface area contributed by atoms with Gasteiger partial charge in [-0.25, -0.2) is 4.98 Å². The number of aromatic nitrogens is 1. The molecular weight excluding hydrogens is 330 g/mol. The summed E-state index contributed by atoms with van der Waals surface area (Å²) in [6, 6.07) is 8.56. The number of hydrogen-bond acceptors (Lipinski definition) is 7. The summed E-state index contributed by atoms with van der Waals surface area (Å²) < 4.78 is 10.8. The van der Waals surface area contributed by atoms with Gasteiger partial charge >= 0.3 is 5.69 Å². The number of oxazole rings is 1. The monoisotopic (exact) mass is 345 g/mol. The second kappa shape index (κ2) is 7.14. The van der Waals surface area contributed by atoms with Crippen molar-refractivity contribution in [2.75, 3.05) is 11.9 Å². The third-order valence-corrected chi connectivity index (χ3v) is 4.07. The highest BCUT2D eigenvalue weighted by Gasteiger charge is 2.15. The third kappa shape index (κ3) is 3.54. The third-order valence-electron chi connectivity index (χ3n) is 3.21.